The van der Waals surface area contributed by atoms with Gasteiger partial charge in [0, 0.05) is 23.2 Å². The van der Waals surface area contributed by atoms with Crippen molar-refractivity contribution < 1.29 is 26.8 Å². The first-order valence-corrected chi connectivity index (χ1v) is 13.4. The van der Waals surface area contributed by atoms with Gasteiger partial charge in [0.25, 0.3) is 5.91 Å². The number of hydrogen-bond acceptors (Lipinski definition) is 5. The van der Waals surface area contributed by atoms with E-state index >= 15 is 0 Å². The topological polar surface area (TPSA) is 111 Å². The van der Waals surface area contributed by atoms with E-state index in [1.165, 1.54) is 19.2 Å². The summed E-state index contributed by atoms with van der Waals surface area (Å²) in [6, 6.07) is 21.6. The SMILES string of the molecule is COc1ccc(S(=O)(=O)[N+](Cc2ccc3[nH]ccc3c2)(OCc2ccccc2)[C@@H](C(N)=O)C(C)C)cc1. The summed E-state index contributed by atoms with van der Waals surface area (Å²) in [6.07, 6.45) is 1.82. The van der Waals surface area contributed by atoms with Crippen molar-refractivity contribution in [2.75, 3.05) is 7.11 Å². The molecule has 0 radical (unpaired) electrons. The normalized spacial score (nSPS) is 14.4. The summed E-state index contributed by atoms with van der Waals surface area (Å²) in [5.41, 5.74) is 8.28. The lowest BCUT2D eigenvalue weighted by atomic mass is 10.0. The van der Waals surface area contributed by atoms with E-state index in [0.717, 1.165) is 16.5 Å². The van der Waals surface area contributed by atoms with Gasteiger partial charge in [-0.1, -0.05) is 54.3 Å². The highest BCUT2D eigenvalue weighted by Crippen LogP contribution is 2.36. The summed E-state index contributed by atoms with van der Waals surface area (Å²) in [7, 11) is -2.83. The van der Waals surface area contributed by atoms with Crippen LogP contribution in [0, 0.1) is 5.92 Å². The maximum atomic E-state index is 14.5. The Labute approximate surface area is 217 Å². The maximum absolute atomic E-state index is 14.5. The number of quaternary nitrogens is 1. The molecule has 37 heavy (non-hydrogen) atoms. The summed E-state index contributed by atoms with van der Waals surface area (Å²) in [4.78, 5) is 22.5. The van der Waals surface area contributed by atoms with Crippen molar-refractivity contribution >= 4 is 26.8 Å². The number of H-pyrrole nitrogens is 1. The fourth-order valence-electron chi connectivity index (χ4n) is 4.64. The predicted octanol–water partition coefficient (Wildman–Crippen LogP) is 4.52. The quantitative estimate of drug-likeness (QED) is 0.222. The zero-order chi connectivity index (χ0) is 26.6. The summed E-state index contributed by atoms with van der Waals surface area (Å²) < 4.78 is 33.3. The Bertz CT molecular complexity index is 1470. The third kappa shape index (κ3) is 5.24. The molecule has 9 heteroatoms. The first-order chi connectivity index (χ1) is 17.7. The molecule has 0 aliphatic heterocycles. The zero-order valence-corrected chi connectivity index (χ0v) is 21.9. The number of rotatable bonds is 11. The molecule has 0 spiro atoms. The molecule has 1 unspecified atom stereocenters. The molecule has 0 saturated carbocycles. The monoisotopic (exact) mass is 522 g/mol. The van der Waals surface area contributed by atoms with Crippen LogP contribution in [0.1, 0.15) is 25.0 Å². The number of nitrogens with zero attached hydrogens (tertiary/aromatic N) is 1. The predicted molar refractivity (Wildman–Crippen MR) is 141 cm³/mol. The number of fused-ring (bicyclic) bond motifs is 1. The van der Waals surface area contributed by atoms with Crippen molar-refractivity contribution in [3.63, 3.8) is 0 Å². The van der Waals surface area contributed by atoms with Gasteiger partial charge in [-0.2, -0.15) is 13.3 Å². The molecular formula is C28H32N3O5S+. The van der Waals surface area contributed by atoms with Gasteiger partial charge in [0.1, 0.15) is 17.3 Å². The summed E-state index contributed by atoms with van der Waals surface area (Å²) in [6.45, 7) is 3.37. The first kappa shape index (κ1) is 26.4. The largest absolute Gasteiger partial charge is 0.497 e. The van der Waals surface area contributed by atoms with Crippen LogP contribution in [0.15, 0.2) is 90.0 Å². The van der Waals surface area contributed by atoms with Gasteiger partial charge in [-0.05, 0) is 53.4 Å². The van der Waals surface area contributed by atoms with Gasteiger partial charge in [-0.25, -0.2) is 0 Å². The number of nitrogens with one attached hydrogen (secondary N) is 1. The number of hydroxylamine groups is 2. The van der Waals surface area contributed by atoms with Crippen LogP contribution >= 0.6 is 0 Å². The Balaban J connectivity index is 1.93. The van der Waals surface area contributed by atoms with E-state index in [4.69, 9.17) is 15.3 Å². The van der Waals surface area contributed by atoms with Crippen molar-refractivity contribution in [2.24, 2.45) is 11.7 Å². The number of ether oxygens (including phenoxy) is 1. The second kappa shape index (κ2) is 10.8. The first-order valence-electron chi connectivity index (χ1n) is 12.0. The number of nitrogens with two attached hydrogens (primary N) is 1. The van der Waals surface area contributed by atoms with Crippen molar-refractivity contribution in [1.29, 1.82) is 0 Å². The van der Waals surface area contributed by atoms with Gasteiger partial charge >= 0.3 is 10.0 Å². The number of methoxy groups -OCH3 is 1. The molecule has 0 bridgehead atoms. The molecule has 0 aliphatic carbocycles. The van der Waals surface area contributed by atoms with Crippen LogP contribution in [0.2, 0.25) is 0 Å². The second-order valence-electron chi connectivity index (χ2n) is 9.28. The highest BCUT2D eigenvalue weighted by Gasteiger charge is 2.56. The van der Waals surface area contributed by atoms with E-state index in [2.05, 4.69) is 4.98 Å². The van der Waals surface area contributed by atoms with Gasteiger partial charge in [-0.15, -0.1) is 0 Å². The van der Waals surface area contributed by atoms with Crippen molar-refractivity contribution in [1.82, 2.24) is 4.98 Å². The third-order valence-corrected chi connectivity index (χ3v) is 8.57. The highest BCUT2D eigenvalue weighted by atomic mass is 32.2. The number of carbonyl (C=O) groups excluding carboxylic acids is 1. The smallest absolute Gasteiger partial charge is 0.358 e. The van der Waals surface area contributed by atoms with E-state index < -0.39 is 31.9 Å². The molecule has 194 valence electrons. The number of benzene rings is 3. The van der Waals surface area contributed by atoms with E-state index in [-0.39, 0.29) is 18.0 Å². The fraction of sp³-hybridized carbons (Fsp3) is 0.250. The van der Waals surface area contributed by atoms with Crippen molar-refractivity contribution in [3.8, 4) is 5.75 Å². The minimum atomic E-state index is -4.33. The molecule has 3 aromatic carbocycles. The van der Waals surface area contributed by atoms with Crippen LogP contribution < -0.4 is 10.5 Å². The molecule has 1 heterocycles. The van der Waals surface area contributed by atoms with Gasteiger partial charge in [0.2, 0.25) is 6.04 Å². The van der Waals surface area contributed by atoms with Crippen molar-refractivity contribution in [3.05, 3.63) is 96.2 Å². The number of hydrogen-bond donors (Lipinski definition) is 2. The molecule has 0 aliphatic rings. The van der Waals surface area contributed by atoms with Crippen LogP contribution in [0.4, 0.5) is 0 Å². The van der Waals surface area contributed by atoms with Gasteiger partial charge in [-0.3, -0.25) is 4.79 Å². The minimum Gasteiger partial charge on any atom is -0.497 e. The summed E-state index contributed by atoms with van der Waals surface area (Å²) in [5, 5.41) is 0.917. The lowest BCUT2D eigenvalue weighted by molar-refractivity contribution is -1.04. The van der Waals surface area contributed by atoms with Crippen LogP contribution in [-0.4, -0.2) is 36.5 Å². The molecule has 2 atom stereocenters. The zero-order valence-electron chi connectivity index (χ0n) is 21.1. The number of sulfonamides is 1. The number of aromatic nitrogens is 1. The summed E-state index contributed by atoms with van der Waals surface area (Å²) >= 11 is 0. The van der Waals surface area contributed by atoms with Crippen LogP contribution in [-0.2, 0) is 32.8 Å². The lowest BCUT2D eigenvalue weighted by Gasteiger charge is -2.40. The Morgan fingerprint density at radius 2 is 1.68 bits per heavy atom. The molecule has 4 aromatic rings. The van der Waals surface area contributed by atoms with E-state index in [0.29, 0.717) is 11.3 Å². The molecule has 1 amide bonds. The van der Waals surface area contributed by atoms with Crippen LogP contribution in [0.25, 0.3) is 10.9 Å². The number of primary amides is 1. The highest BCUT2D eigenvalue weighted by molar-refractivity contribution is 7.85. The van der Waals surface area contributed by atoms with Gasteiger partial charge in [0.05, 0.1) is 7.11 Å². The molecule has 8 nitrogen and oxygen atoms in total. The van der Waals surface area contributed by atoms with Gasteiger partial charge < -0.3 is 15.5 Å². The minimum absolute atomic E-state index is 0.00372. The number of aromatic amines is 1. The lowest BCUT2D eigenvalue weighted by Crippen LogP contribution is -2.64. The van der Waals surface area contributed by atoms with Crippen LogP contribution in [0.5, 0.6) is 5.75 Å². The second-order valence-corrected chi connectivity index (χ2v) is 11.3. The van der Waals surface area contributed by atoms with E-state index in [1.54, 1.807) is 26.0 Å². The molecular weight excluding hydrogens is 490 g/mol. The van der Waals surface area contributed by atoms with E-state index in [9.17, 15) is 13.2 Å². The molecule has 0 fully saturated rings. The Morgan fingerprint density at radius 3 is 2.30 bits per heavy atom. The standard InChI is InChI=1S/C28H31N3O5S/c1-20(2)27(28(29)32)31(36-19-21-7-5-4-6-8-21,18-22-9-14-26-23(17-22)15-16-30-26)37(33,34)25-12-10-24(35-3)11-13-25/h4-17,20,27,30H,18-19H2,1-3H3,(H-,29,32)/p+1/t27-,31?/m1/s1. The average molecular weight is 523 g/mol. The number of amides is 1. The molecule has 4 rings (SSSR count). The summed E-state index contributed by atoms with van der Waals surface area (Å²) in [5.74, 6) is -0.698. The Morgan fingerprint density at radius 1 is 0.973 bits per heavy atom. The van der Waals surface area contributed by atoms with Gasteiger partial charge in [0.15, 0.2) is 6.54 Å². The van der Waals surface area contributed by atoms with E-state index in [1.807, 2.05) is 60.8 Å². The Kier molecular flexibility index (Phi) is 7.68. The van der Waals surface area contributed by atoms with Crippen LogP contribution in [0.3, 0.4) is 0 Å². The Hall–Kier alpha value is -3.66. The molecule has 3 N–H and O–H groups in total. The maximum Gasteiger partial charge on any atom is 0.358 e. The van der Waals surface area contributed by atoms with Crippen molar-refractivity contribution in [2.45, 2.75) is 37.9 Å². The molecule has 1 aromatic heterocycles. The third-order valence-electron chi connectivity index (χ3n) is 6.42. The fourth-order valence-corrected chi connectivity index (χ4v) is 6.64. The number of carbonyl (C=O) groups is 1. The average Bonchev–Trinajstić information content (AvgIpc) is 3.35. The molecule has 0 saturated heterocycles.